The van der Waals surface area contributed by atoms with Crippen molar-refractivity contribution in [3.05, 3.63) is 96.3 Å². The van der Waals surface area contributed by atoms with Crippen LogP contribution in [0.1, 0.15) is 69.8 Å². The van der Waals surface area contributed by atoms with Crippen molar-refractivity contribution in [2.75, 3.05) is 13.1 Å². The molecule has 7 rings (SSSR count). The normalized spacial score (nSPS) is 29.1. The van der Waals surface area contributed by atoms with E-state index >= 15 is 8.78 Å². The molecule has 3 fully saturated rings. The number of para-hydroxylation sites is 2. The summed E-state index contributed by atoms with van der Waals surface area (Å²) < 4.78 is 65.5. The lowest BCUT2D eigenvalue weighted by molar-refractivity contribution is -0.157. The first kappa shape index (κ1) is 33.7. The number of benzene rings is 3. The molecule has 11 heteroatoms. The first-order chi connectivity index (χ1) is 23.5. The second kappa shape index (κ2) is 12.8. The van der Waals surface area contributed by atoms with Gasteiger partial charge in [0.15, 0.2) is 6.17 Å². The molecule has 49 heavy (non-hydrogen) atoms. The Kier molecular flexibility index (Phi) is 8.80. The summed E-state index contributed by atoms with van der Waals surface area (Å²) in [7, 11) is -4.29. The number of amides is 2. The number of aryl methyl sites for hydroxylation is 1. The summed E-state index contributed by atoms with van der Waals surface area (Å²) in [5, 5.41) is 0. The first-order valence-electron chi connectivity index (χ1n) is 17.4. The Balaban J connectivity index is 1.14. The molecular weight excluding hydrogens is 645 g/mol. The number of likely N-dealkylation sites (tertiary alicyclic amines) is 1. The standard InChI is InChI=1S/C38H45F2N5O3S/c1-26(2)38(40)35(39)37(28-12-6-4-7-13-28,21-23-44(38)36(46)42-49(47,48)32-14-8-5-9-15-32)20-22-43-29-18-19-30(43)25-31(24-29)45-27(3)41-33-16-10-11-17-34(33)45/h4-17,26,29-31,35H,18-25H2,1-3H3,(H,42,46)/t29-,30+,31?,35?,37?,38?. The fourth-order valence-corrected chi connectivity index (χ4v) is 10.0. The second-order valence-corrected chi connectivity index (χ2v) is 16.1. The number of imidazole rings is 1. The molecule has 260 valence electrons. The van der Waals surface area contributed by atoms with Crippen molar-refractivity contribution >= 4 is 27.1 Å². The van der Waals surface area contributed by atoms with Gasteiger partial charge in [-0.05, 0) is 81.8 Å². The van der Waals surface area contributed by atoms with Crippen molar-refractivity contribution in [2.45, 2.75) is 99.7 Å². The molecule has 0 radical (unpaired) electrons. The van der Waals surface area contributed by atoms with Gasteiger partial charge in [0.25, 0.3) is 10.0 Å². The lowest BCUT2D eigenvalue weighted by atomic mass is 9.64. The van der Waals surface area contributed by atoms with Crippen molar-refractivity contribution < 1.29 is 22.0 Å². The summed E-state index contributed by atoms with van der Waals surface area (Å²) in [5.74, 6) is -2.69. The molecule has 3 aromatic carbocycles. The number of urea groups is 1. The zero-order chi connectivity index (χ0) is 34.6. The van der Waals surface area contributed by atoms with Gasteiger partial charge in [0, 0.05) is 36.0 Å². The van der Waals surface area contributed by atoms with E-state index in [0.29, 0.717) is 36.7 Å². The third-order valence-corrected chi connectivity index (χ3v) is 12.9. The Morgan fingerprint density at radius 3 is 2.20 bits per heavy atom. The number of aromatic nitrogens is 2. The van der Waals surface area contributed by atoms with Gasteiger partial charge >= 0.3 is 6.03 Å². The van der Waals surface area contributed by atoms with E-state index in [2.05, 4.69) is 34.6 Å². The molecule has 2 bridgehead atoms. The average Bonchev–Trinajstić information content (AvgIpc) is 3.55. The summed E-state index contributed by atoms with van der Waals surface area (Å²) in [4.78, 5) is 21.5. The predicted molar refractivity (Wildman–Crippen MR) is 186 cm³/mol. The number of halogens is 2. The van der Waals surface area contributed by atoms with E-state index in [1.165, 1.54) is 24.3 Å². The molecule has 4 unspecified atom stereocenters. The molecule has 8 nitrogen and oxygen atoms in total. The van der Waals surface area contributed by atoms with Crippen LogP contribution < -0.4 is 4.72 Å². The Morgan fingerprint density at radius 1 is 0.939 bits per heavy atom. The highest BCUT2D eigenvalue weighted by atomic mass is 32.2. The number of sulfonamides is 1. The van der Waals surface area contributed by atoms with Gasteiger partial charge in [-0.25, -0.2) is 31.7 Å². The summed E-state index contributed by atoms with van der Waals surface area (Å²) >= 11 is 0. The van der Waals surface area contributed by atoms with Crippen molar-refractivity contribution in [1.82, 2.24) is 24.1 Å². The maximum Gasteiger partial charge on any atom is 0.333 e. The van der Waals surface area contributed by atoms with E-state index in [9.17, 15) is 13.2 Å². The third kappa shape index (κ3) is 5.72. The van der Waals surface area contributed by atoms with Crippen molar-refractivity contribution in [2.24, 2.45) is 5.92 Å². The topological polar surface area (TPSA) is 87.5 Å². The molecule has 3 saturated heterocycles. The molecule has 4 aromatic rings. The minimum atomic E-state index is -4.29. The summed E-state index contributed by atoms with van der Waals surface area (Å²) in [6.07, 6.45) is 2.49. The maximum absolute atomic E-state index is 17.5. The van der Waals surface area contributed by atoms with E-state index < -0.39 is 39.4 Å². The SMILES string of the molecule is Cc1nc2ccccc2n1C1C[C@H]2CC[C@@H](C1)N2CCC1(c2ccccc2)CCN(C(=O)NS(=O)(=O)c2ccccc2)C(F)(C(C)C)C1F. The Morgan fingerprint density at radius 2 is 1.55 bits per heavy atom. The fourth-order valence-electron chi connectivity index (χ4n) is 9.06. The van der Waals surface area contributed by atoms with Gasteiger partial charge < -0.3 is 4.57 Å². The van der Waals surface area contributed by atoms with E-state index in [1.807, 2.05) is 41.1 Å². The lowest BCUT2D eigenvalue weighted by Gasteiger charge is -2.54. The van der Waals surface area contributed by atoms with E-state index in [-0.39, 0.29) is 17.9 Å². The van der Waals surface area contributed by atoms with Gasteiger partial charge in [-0.2, -0.15) is 0 Å². The number of carbonyl (C=O) groups excluding carboxylic acids is 1. The second-order valence-electron chi connectivity index (χ2n) is 14.4. The number of rotatable bonds is 8. The van der Waals surface area contributed by atoms with Crippen LogP contribution in [0, 0.1) is 12.8 Å². The van der Waals surface area contributed by atoms with Crippen LogP contribution in [0.4, 0.5) is 13.6 Å². The molecule has 3 aliphatic rings. The number of carbonyl (C=O) groups is 1. The van der Waals surface area contributed by atoms with Gasteiger partial charge in [-0.15, -0.1) is 0 Å². The Hall–Kier alpha value is -3.83. The first-order valence-corrected chi connectivity index (χ1v) is 18.9. The smallest absolute Gasteiger partial charge is 0.325 e. The number of fused-ring (bicyclic) bond motifs is 3. The summed E-state index contributed by atoms with van der Waals surface area (Å²) in [5.41, 5.74) is 1.64. The number of piperidine rings is 2. The highest BCUT2D eigenvalue weighted by Crippen LogP contribution is 2.52. The van der Waals surface area contributed by atoms with Gasteiger partial charge in [0.05, 0.1) is 15.9 Å². The molecule has 1 N–H and O–H groups in total. The van der Waals surface area contributed by atoms with Crippen LogP contribution in [-0.4, -0.2) is 70.9 Å². The average molecular weight is 690 g/mol. The van der Waals surface area contributed by atoms with Gasteiger partial charge in [-0.1, -0.05) is 74.5 Å². The van der Waals surface area contributed by atoms with Gasteiger partial charge in [0.2, 0.25) is 5.79 Å². The van der Waals surface area contributed by atoms with E-state index in [4.69, 9.17) is 4.98 Å². The van der Waals surface area contributed by atoms with Crippen LogP contribution in [0.15, 0.2) is 89.8 Å². The minimum Gasteiger partial charge on any atom is -0.325 e. The molecule has 6 atom stereocenters. The summed E-state index contributed by atoms with van der Waals surface area (Å²) in [6, 6.07) is 24.8. The zero-order valence-electron chi connectivity index (χ0n) is 28.3. The number of nitrogens with one attached hydrogen (secondary N) is 1. The largest absolute Gasteiger partial charge is 0.333 e. The molecule has 0 saturated carbocycles. The molecule has 4 heterocycles. The molecule has 0 spiro atoms. The molecular formula is C38H45F2N5O3S. The highest BCUT2D eigenvalue weighted by molar-refractivity contribution is 7.90. The number of alkyl halides is 2. The molecule has 3 aliphatic heterocycles. The third-order valence-electron chi connectivity index (χ3n) is 11.5. The zero-order valence-corrected chi connectivity index (χ0v) is 29.1. The van der Waals surface area contributed by atoms with Crippen molar-refractivity contribution in [1.29, 1.82) is 0 Å². The molecule has 2 amide bonds. The minimum absolute atomic E-state index is 0.125. The lowest BCUT2D eigenvalue weighted by Crippen LogP contribution is -2.69. The van der Waals surface area contributed by atoms with Crippen LogP contribution in [0.5, 0.6) is 0 Å². The van der Waals surface area contributed by atoms with Gasteiger partial charge in [-0.3, -0.25) is 9.80 Å². The molecule has 1 aromatic heterocycles. The highest BCUT2D eigenvalue weighted by Gasteiger charge is 2.63. The van der Waals surface area contributed by atoms with Crippen LogP contribution in [0.2, 0.25) is 0 Å². The maximum atomic E-state index is 17.5. The number of hydrogen-bond donors (Lipinski definition) is 1. The number of nitrogens with zero attached hydrogens (tertiary/aromatic N) is 4. The van der Waals surface area contributed by atoms with Crippen LogP contribution in [0.3, 0.4) is 0 Å². The quantitative estimate of drug-likeness (QED) is 0.196. The monoisotopic (exact) mass is 689 g/mol. The van der Waals surface area contributed by atoms with Crippen LogP contribution in [-0.2, 0) is 15.4 Å². The van der Waals surface area contributed by atoms with Gasteiger partial charge in [0.1, 0.15) is 5.82 Å². The fraction of sp³-hybridized carbons (Fsp3) is 0.474. The summed E-state index contributed by atoms with van der Waals surface area (Å²) in [6.45, 7) is 5.63. The van der Waals surface area contributed by atoms with E-state index in [0.717, 1.165) is 47.4 Å². The Labute approximate surface area is 287 Å². The van der Waals surface area contributed by atoms with Crippen molar-refractivity contribution in [3.8, 4) is 0 Å². The van der Waals surface area contributed by atoms with Crippen LogP contribution in [0.25, 0.3) is 11.0 Å². The van der Waals surface area contributed by atoms with Crippen LogP contribution >= 0.6 is 0 Å². The van der Waals surface area contributed by atoms with Crippen molar-refractivity contribution in [3.63, 3.8) is 0 Å². The predicted octanol–water partition coefficient (Wildman–Crippen LogP) is 7.30. The molecule has 0 aliphatic carbocycles. The number of hydrogen-bond acceptors (Lipinski definition) is 5. The van der Waals surface area contributed by atoms with E-state index in [1.54, 1.807) is 19.9 Å². The Bertz CT molecular complexity index is 1910.